The molecular formula is C17H9ClF2N2O5. The molecule has 1 heterocycles. The summed E-state index contributed by atoms with van der Waals surface area (Å²) in [5.74, 6) is -2.38. The standard InChI is InChI=1S/C17H9ClF2N2O5/c18-13-4-1-9(5-15(13)22(24)25)17(23)26-8-11-7-16(27-21-11)12-3-2-10(19)6-14(12)20/h1-7H,8H2. The lowest BCUT2D eigenvalue weighted by atomic mass is 10.1. The van der Waals surface area contributed by atoms with Crippen molar-refractivity contribution >= 4 is 23.3 Å². The Kier molecular flexibility index (Phi) is 5.13. The Morgan fingerprint density at radius 3 is 2.70 bits per heavy atom. The molecule has 27 heavy (non-hydrogen) atoms. The molecule has 0 aliphatic heterocycles. The number of esters is 1. The van der Waals surface area contributed by atoms with Crippen LogP contribution in [0.15, 0.2) is 47.0 Å². The molecule has 0 saturated carbocycles. The van der Waals surface area contributed by atoms with Crippen molar-refractivity contribution in [2.45, 2.75) is 6.61 Å². The maximum absolute atomic E-state index is 13.7. The number of carbonyl (C=O) groups is 1. The van der Waals surface area contributed by atoms with Crippen molar-refractivity contribution in [3.8, 4) is 11.3 Å². The second-order valence-electron chi connectivity index (χ2n) is 5.31. The van der Waals surface area contributed by atoms with Gasteiger partial charge in [0.25, 0.3) is 5.69 Å². The molecule has 0 atom stereocenters. The maximum Gasteiger partial charge on any atom is 0.338 e. The largest absolute Gasteiger partial charge is 0.455 e. The van der Waals surface area contributed by atoms with Crippen LogP contribution >= 0.6 is 11.6 Å². The van der Waals surface area contributed by atoms with Crippen molar-refractivity contribution in [2.75, 3.05) is 0 Å². The summed E-state index contributed by atoms with van der Waals surface area (Å²) in [4.78, 5) is 22.2. The highest BCUT2D eigenvalue weighted by Crippen LogP contribution is 2.26. The summed E-state index contributed by atoms with van der Waals surface area (Å²) in [6.07, 6.45) is 0. The SMILES string of the molecule is O=C(OCc1cc(-c2ccc(F)cc2F)on1)c1ccc(Cl)c([N+](=O)[O-])c1. The minimum Gasteiger partial charge on any atom is -0.455 e. The maximum atomic E-state index is 13.7. The molecule has 2 aromatic carbocycles. The van der Waals surface area contributed by atoms with Gasteiger partial charge in [0.15, 0.2) is 5.76 Å². The fraction of sp³-hybridized carbons (Fsp3) is 0.0588. The molecule has 3 aromatic rings. The topological polar surface area (TPSA) is 95.5 Å². The third-order valence-electron chi connectivity index (χ3n) is 3.49. The molecule has 0 unspecified atom stereocenters. The van der Waals surface area contributed by atoms with Gasteiger partial charge in [-0.15, -0.1) is 0 Å². The molecule has 0 N–H and O–H groups in total. The van der Waals surface area contributed by atoms with E-state index < -0.39 is 28.2 Å². The zero-order valence-electron chi connectivity index (χ0n) is 13.3. The third-order valence-corrected chi connectivity index (χ3v) is 3.80. The Hall–Kier alpha value is -3.33. The van der Waals surface area contributed by atoms with Crippen LogP contribution in [0.4, 0.5) is 14.5 Å². The van der Waals surface area contributed by atoms with Crippen molar-refractivity contribution in [3.05, 3.63) is 80.5 Å². The number of nitrogens with zero attached hydrogens (tertiary/aromatic N) is 2. The highest BCUT2D eigenvalue weighted by atomic mass is 35.5. The summed E-state index contributed by atoms with van der Waals surface area (Å²) in [7, 11) is 0. The summed E-state index contributed by atoms with van der Waals surface area (Å²) in [6, 6.07) is 7.76. The van der Waals surface area contributed by atoms with E-state index in [9.17, 15) is 23.7 Å². The number of nitro benzene ring substituents is 1. The Labute approximate surface area is 155 Å². The van der Waals surface area contributed by atoms with Crippen LogP contribution in [0, 0.1) is 21.7 Å². The minimum atomic E-state index is -0.840. The first kappa shape index (κ1) is 18.5. The summed E-state index contributed by atoms with van der Waals surface area (Å²) in [5, 5.41) is 14.4. The van der Waals surface area contributed by atoms with Gasteiger partial charge in [0.05, 0.1) is 16.1 Å². The van der Waals surface area contributed by atoms with E-state index in [1.54, 1.807) is 0 Å². The molecule has 0 amide bonds. The van der Waals surface area contributed by atoms with Crippen molar-refractivity contribution < 1.29 is 27.8 Å². The van der Waals surface area contributed by atoms with Crippen LogP contribution in [0.25, 0.3) is 11.3 Å². The Bertz CT molecular complexity index is 1040. The van der Waals surface area contributed by atoms with E-state index >= 15 is 0 Å². The van der Waals surface area contributed by atoms with E-state index in [1.807, 2.05) is 0 Å². The van der Waals surface area contributed by atoms with Crippen molar-refractivity contribution in [1.82, 2.24) is 5.16 Å². The molecule has 0 spiro atoms. The molecule has 10 heteroatoms. The first-order valence-corrected chi connectivity index (χ1v) is 7.75. The summed E-state index contributed by atoms with van der Waals surface area (Å²) >= 11 is 5.68. The lowest BCUT2D eigenvalue weighted by Crippen LogP contribution is -2.06. The van der Waals surface area contributed by atoms with Crippen molar-refractivity contribution in [1.29, 1.82) is 0 Å². The lowest BCUT2D eigenvalue weighted by molar-refractivity contribution is -0.384. The minimum absolute atomic E-state index is 0.00481. The average molecular weight is 395 g/mol. The molecule has 0 radical (unpaired) electrons. The normalized spacial score (nSPS) is 10.6. The smallest absolute Gasteiger partial charge is 0.338 e. The predicted octanol–water partition coefficient (Wildman–Crippen LogP) is 4.54. The van der Waals surface area contributed by atoms with Gasteiger partial charge >= 0.3 is 5.97 Å². The highest BCUT2D eigenvalue weighted by Gasteiger charge is 2.18. The number of nitro groups is 1. The zero-order valence-corrected chi connectivity index (χ0v) is 14.1. The van der Waals surface area contributed by atoms with Crippen LogP contribution in [0.5, 0.6) is 0 Å². The molecule has 1 aromatic heterocycles. The van der Waals surface area contributed by atoms with Crippen molar-refractivity contribution in [3.63, 3.8) is 0 Å². The van der Waals surface area contributed by atoms with E-state index in [0.717, 1.165) is 12.1 Å². The van der Waals surface area contributed by atoms with E-state index in [4.69, 9.17) is 20.9 Å². The van der Waals surface area contributed by atoms with Crippen LogP contribution in [-0.2, 0) is 11.3 Å². The number of halogens is 3. The second kappa shape index (κ2) is 7.50. The number of benzene rings is 2. The molecule has 138 valence electrons. The monoisotopic (exact) mass is 394 g/mol. The van der Waals surface area contributed by atoms with Crippen molar-refractivity contribution in [2.24, 2.45) is 0 Å². The third kappa shape index (κ3) is 4.09. The highest BCUT2D eigenvalue weighted by molar-refractivity contribution is 6.32. The summed E-state index contributed by atoms with van der Waals surface area (Å²) in [5.41, 5.74) is -0.332. The van der Waals surface area contributed by atoms with Gasteiger partial charge in [-0.3, -0.25) is 10.1 Å². The number of carbonyl (C=O) groups excluding carboxylic acids is 1. The average Bonchev–Trinajstić information content (AvgIpc) is 3.08. The summed E-state index contributed by atoms with van der Waals surface area (Å²) < 4.78 is 36.7. The van der Waals surface area contributed by atoms with E-state index in [0.29, 0.717) is 6.07 Å². The van der Waals surface area contributed by atoms with Crippen LogP contribution in [0.1, 0.15) is 16.1 Å². The Morgan fingerprint density at radius 1 is 1.22 bits per heavy atom. The summed E-state index contributed by atoms with van der Waals surface area (Å²) in [6.45, 7) is -0.318. The van der Waals surface area contributed by atoms with Gasteiger partial charge in [0.2, 0.25) is 0 Å². The Balaban J connectivity index is 1.71. The van der Waals surface area contributed by atoms with E-state index in [-0.39, 0.29) is 34.2 Å². The van der Waals surface area contributed by atoms with E-state index in [2.05, 4.69) is 5.16 Å². The first-order valence-electron chi connectivity index (χ1n) is 7.37. The molecule has 0 aliphatic carbocycles. The van der Waals surface area contributed by atoms with Crippen LogP contribution in [-0.4, -0.2) is 16.0 Å². The number of rotatable bonds is 5. The first-order chi connectivity index (χ1) is 12.8. The van der Waals surface area contributed by atoms with Gasteiger partial charge in [-0.05, 0) is 24.3 Å². The fourth-order valence-corrected chi connectivity index (χ4v) is 2.39. The molecular weight excluding hydrogens is 386 g/mol. The molecule has 0 bridgehead atoms. The van der Waals surface area contributed by atoms with Crippen LogP contribution in [0.3, 0.4) is 0 Å². The van der Waals surface area contributed by atoms with Gasteiger partial charge in [-0.1, -0.05) is 16.8 Å². The van der Waals surface area contributed by atoms with Gasteiger partial charge in [0.1, 0.15) is 29.0 Å². The predicted molar refractivity (Wildman–Crippen MR) is 89.1 cm³/mol. The van der Waals surface area contributed by atoms with Gasteiger partial charge in [-0.25, -0.2) is 13.6 Å². The van der Waals surface area contributed by atoms with Gasteiger partial charge < -0.3 is 9.26 Å². The number of hydrogen-bond donors (Lipinski definition) is 0. The molecule has 0 aliphatic rings. The lowest BCUT2D eigenvalue weighted by Gasteiger charge is -2.03. The van der Waals surface area contributed by atoms with Crippen LogP contribution < -0.4 is 0 Å². The van der Waals surface area contributed by atoms with E-state index in [1.165, 1.54) is 24.3 Å². The second-order valence-corrected chi connectivity index (χ2v) is 5.71. The number of hydrogen-bond acceptors (Lipinski definition) is 6. The van der Waals surface area contributed by atoms with Crippen LogP contribution in [0.2, 0.25) is 5.02 Å². The number of ether oxygens (including phenoxy) is 1. The Morgan fingerprint density at radius 2 is 2.00 bits per heavy atom. The molecule has 7 nitrogen and oxygen atoms in total. The number of aromatic nitrogens is 1. The zero-order chi connectivity index (χ0) is 19.6. The van der Waals surface area contributed by atoms with Gasteiger partial charge in [-0.2, -0.15) is 0 Å². The van der Waals surface area contributed by atoms with Gasteiger partial charge in [0, 0.05) is 18.2 Å². The molecule has 3 rings (SSSR count). The molecule has 0 fully saturated rings. The molecule has 0 saturated heterocycles. The fourth-order valence-electron chi connectivity index (χ4n) is 2.20. The quantitative estimate of drug-likeness (QED) is 0.358.